The molecule has 2 heterocycles. The molecule has 0 unspecified atom stereocenters. The summed E-state index contributed by atoms with van der Waals surface area (Å²) in [6.07, 6.45) is 0.157. The van der Waals surface area contributed by atoms with Gasteiger partial charge in [0.2, 0.25) is 5.91 Å². The molecule has 4 rings (SSSR count). The van der Waals surface area contributed by atoms with E-state index in [1.165, 1.54) is 17.3 Å². The second kappa shape index (κ2) is 7.97. The Morgan fingerprint density at radius 3 is 2.50 bits per heavy atom. The summed E-state index contributed by atoms with van der Waals surface area (Å²) in [5.74, 6) is 0.503. The number of morpholine rings is 1. The molecule has 1 aromatic heterocycles. The lowest BCUT2D eigenvalue weighted by molar-refractivity contribution is -0.140. The zero-order valence-electron chi connectivity index (χ0n) is 16.5. The number of nitrogens with zero attached hydrogens (tertiary/aromatic N) is 3. The molecule has 0 bridgehead atoms. The number of hydrogen-bond donors (Lipinski definition) is 0. The molecule has 5 nitrogen and oxygen atoms in total. The second-order valence-electron chi connectivity index (χ2n) is 7.40. The lowest BCUT2D eigenvalue weighted by atomic mass is 10.2. The Labute approximate surface area is 169 Å². The van der Waals surface area contributed by atoms with E-state index in [4.69, 9.17) is 9.72 Å². The summed E-state index contributed by atoms with van der Waals surface area (Å²) in [7, 11) is 0. The number of para-hydroxylation sites is 2. The predicted molar refractivity (Wildman–Crippen MR) is 113 cm³/mol. The molecule has 0 spiro atoms. The van der Waals surface area contributed by atoms with Gasteiger partial charge in [0.15, 0.2) is 5.16 Å². The van der Waals surface area contributed by atoms with E-state index in [1.807, 2.05) is 36.9 Å². The summed E-state index contributed by atoms with van der Waals surface area (Å²) in [4.78, 5) is 19.5. The van der Waals surface area contributed by atoms with Gasteiger partial charge >= 0.3 is 0 Å². The van der Waals surface area contributed by atoms with Crippen molar-refractivity contribution in [3.05, 3.63) is 54.1 Å². The van der Waals surface area contributed by atoms with Crippen LogP contribution in [0, 0.1) is 6.92 Å². The molecule has 2 aromatic carbocycles. The Bertz CT molecular complexity index is 973. The van der Waals surface area contributed by atoms with Crippen molar-refractivity contribution in [1.82, 2.24) is 14.5 Å². The van der Waals surface area contributed by atoms with Crippen LogP contribution in [0.4, 0.5) is 0 Å². The van der Waals surface area contributed by atoms with Crippen LogP contribution in [0.3, 0.4) is 0 Å². The maximum absolute atomic E-state index is 12.8. The number of imidazole rings is 1. The highest BCUT2D eigenvalue weighted by molar-refractivity contribution is 7.99. The number of benzene rings is 2. The highest BCUT2D eigenvalue weighted by Gasteiger charge is 2.26. The molecule has 0 saturated carbocycles. The largest absolute Gasteiger partial charge is 0.372 e. The first-order valence-corrected chi connectivity index (χ1v) is 10.6. The summed E-state index contributed by atoms with van der Waals surface area (Å²) in [6.45, 7) is 7.41. The van der Waals surface area contributed by atoms with Crippen molar-refractivity contribution in [2.45, 2.75) is 38.1 Å². The topological polar surface area (TPSA) is 47.4 Å². The van der Waals surface area contributed by atoms with Gasteiger partial charge in [-0.15, -0.1) is 0 Å². The summed E-state index contributed by atoms with van der Waals surface area (Å²) >= 11 is 1.50. The minimum Gasteiger partial charge on any atom is -0.372 e. The fourth-order valence-corrected chi connectivity index (χ4v) is 4.57. The number of thioether (sulfide) groups is 1. The van der Waals surface area contributed by atoms with E-state index in [0.717, 1.165) is 21.9 Å². The number of aryl methyl sites for hydroxylation is 1. The van der Waals surface area contributed by atoms with Crippen molar-refractivity contribution >= 4 is 28.7 Å². The lowest BCUT2D eigenvalue weighted by Gasteiger charge is -2.35. The first kappa shape index (κ1) is 19.0. The maximum atomic E-state index is 12.8. The molecule has 0 radical (unpaired) electrons. The first-order valence-electron chi connectivity index (χ1n) is 9.62. The fraction of sp³-hybridized carbons (Fsp3) is 0.364. The number of carbonyl (C=O) groups is 1. The number of fused-ring (bicyclic) bond motifs is 1. The monoisotopic (exact) mass is 395 g/mol. The van der Waals surface area contributed by atoms with Crippen molar-refractivity contribution in [3.63, 3.8) is 0 Å². The summed E-state index contributed by atoms with van der Waals surface area (Å²) < 4.78 is 7.87. The van der Waals surface area contributed by atoms with Gasteiger partial charge in [0.05, 0.1) is 29.0 Å². The van der Waals surface area contributed by atoms with Crippen LogP contribution in [0.15, 0.2) is 53.7 Å². The Morgan fingerprint density at radius 1 is 1.11 bits per heavy atom. The van der Waals surface area contributed by atoms with Crippen molar-refractivity contribution in [2.75, 3.05) is 18.8 Å². The normalized spacial score (nSPS) is 19.9. The SMILES string of the molecule is Cc1ccc(-n2c(SCC(=O)N3C[C@@H](C)O[C@H](C)C3)nc3ccccc32)cc1. The molecule has 1 aliphatic heterocycles. The van der Waals surface area contributed by atoms with E-state index in [0.29, 0.717) is 18.8 Å². The van der Waals surface area contributed by atoms with Gasteiger partial charge < -0.3 is 9.64 Å². The Hall–Kier alpha value is -2.31. The van der Waals surface area contributed by atoms with E-state index >= 15 is 0 Å². The molecule has 3 aromatic rings. The molecular weight excluding hydrogens is 370 g/mol. The first-order chi connectivity index (χ1) is 13.5. The average molecular weight is 396 g/mol. The van der Waals surface area contributed by atoms with Crippen molar-refractivity contribution in [1.29, 1.82) is 0 Å². The fourth-order valence-electron chi connectivity index (χ4n) is 3.64. The molecule has 0 aliphatic carbocycles. The average Bonchev–Trinajstić information content (AvgIpc) is 3.04. The number of aromatic nitrogens is 2. The van der Waals surface area contributed by atoms with Crippen LogP contribution in [0.1, 0.15) is 19.4 Å². The molecule has 6 heteroatoms. The smallest absolute Gasteiger partial charge is 0.233 e. The third kappa shape index (κ3) is 3.93. The quantitative estimate of drug-likeness (QED) is 0.625. The zero-order valence-corrected chi connectivity index (χ0v) is 17.3. The number of rotatable bonds is 4. The van der Waals surface area contributed by atoms with Gasteiger partial charge in [0.25, 0.3) is 0 Å². The van der Waals surface area contributed by atoms with Crippen LogP contribution in [-0.4, -0.2) is 51.4 Å². The molecule has 1 saturated heterocycles. The highest BCUT2D eigenvalue weighted by Crippen LogP contribution is 2.28. The Morgan fingerprint density at radius 2 is 1.79 bits per heavy atom. The van der Waals surface area contributed by atoms with Crippen LogP contribution in [-0.2, 0) is 9.53 Å². The van der Waals surface area contributed by atoms with Gasteiger partial charge in [-0.3, -0.25) is 9.36 Å². The van der Waals surface area contributed by atoms with Crippen molar-refractivity contribution in [3.8, 4) is 5.69 Å². The van der Waals surface area contributed by atoms with Gasteiger partial charge in [-0.1, -0.05) is 41.6 Å². The molecule has 0 N–H and O–H groups in total. The minimum absolute atomic E-state index is 0.0785. The van der Waals surface area contributed by atoms with Crippen molar-refractivity contribution in [2.24, 2.45) is 0 Å². The molecular formula is C22H25N3O2S. The number of ether oxygens (including phenoxy) is 1. The summed E-state index contributed by atoms with van der Waals surface area (Å²) in [6, 6.07) is 16.5. The lowest BCUT2D eigenvalue weighted by Crippen LogP contribution is -2.48. The predicted octanol–water partition coefficient (Wildman–Crippen LogP) is 4.06. The molecule has 2 atom stereocenters. The second-order valence-corrected chi connectivity index (χ2v) is 8.34. The number of hydrogen-bond acceptors (Lipinski definition) is 4. The standard InChI is InChI=1S/C22H25N3O2S/c1-15-8-10-18(11-9-15)25-20-7-5-4-6-19(20)23-22(25)28-14-21(26)24-12-16(2)27-17(3)13-24/h4-11,16-17H,12-14H2,1-3H3/t16-,17-/m1/s1. The Kier molecular flexibility index (Phi) is 5.42. The van der Waals surface area contributed by atoms with Gasteiger partial charge in [0.1, 0.15) is 0 Å². The van der Waals surface area contributed by atoms with E-state index in [-0.39, 0.29) is 18.1 Å². The minimum atomic E-state index is 0.0785. The third-order valence-corrected chi connectivity index (χ3v) is 5.84. The van der Waals surface area contributed by atoms with Gasteiger partial charge in [0, 0.05) is 18.8 Å². The van der Waals surface area contributed by atoms with Gasteiger partial charge in [-0.25, -0.2) is 4.98 Å². The zero-order chi connectivity index (χ0) is 19.7. The van der Waals surface area contributed by atoms with Crippen LogP contribution >= 0.6 is 11.8 Å². The number of amides is 1. The highest BCUT2D eigenvalue weighted by atomic mass is 32.2. The van der Waals surface area contributed by atoms with E-state index < -0.39 is 0 Å². The van der Waals surface area contributed by atoms with Gasteiger partial charge in [-0.2, -0.15) is 0 Å². The van der Waals surface area contributed by atoms with Crippen LogP contribution in [0.2, 0.25) is 0 Å². The maximum Gasteiger partial charge on any atom is 0.233 e. The van der Waals surface area contributed by atoms with E-state index in [9.17, 15) is 4.79 Å². The van der Waals surface area contributed by atoms with Crippen molar-refractivity contribution < 1.29 is 9.53 Å². The summed E-state index contributed by atoms with van der Waals surface area (Å²) in [5, 5.41) is 0.841. The molecule has 28 heavy (non-hydrogen) atoms. The molecule has 1 amide bonds. The van der Waals surface area contributed by atoms with Crippen LogP contribution in [0.5, 0.6) is 0 Å². The summed E-state index contributed by atoms with van der Waals surface area (Å²) in [5.41, 5.74) is 4.26. The Balaban J connectivity index is 1.59. The number of carbonyl (C=O) groups excluding carboxylic acids is 1. The van der Waals surface area contributed by atoms with E-state index in [1.54, 1.807) is 0 Å². The van der Waals surface area contributed by atoms with Gasteiger partial charge in [-0.05, 0) is 45.0 Å². The van der Waals surface area contributed by atoms with Crippen LogP contribution < -0.4 is 0 Å². The van der Waals surface area contributed by atoms with Crippen LogP contribution in [0.25, 0.3) is 16.7 Å². The molecule has 146 valence electrons. The third-order valence-electron chi connectivity index (χ3n) is 4.92. The molecule has 1 aliphatic rings. The molecule has 1 fully saturated rings. The van der Waals surface area contributed by atoms with E-state index in [2.05, 4.69) is 41.8 Å².